The average Bonchev–Trinajstić information content (AvgIpc) is 3.88. The van der Waals surface area contributed by atoms with Crippen LogP contribution in [-0.2, 0) is 5.41 Å². The summed E-state index contributed by atoms with van der Waals surface area (Å²) in [7, 11) is 0. The molecule has 1 aliphatic rings. The Morgan fingerprint density at radius 2 is 0.804 bits per heavy atom. The number of oxazole rings is 2. The predicted octanol–water partition coefficient (Wildman–Crippen LogP) is 12.6. The minimum absolute atomic E-state index is 0.0799. The van der Waals surface area contributed by atoms with Gasteiger partial charge < -0.3 is 8.83 Å². The lowest BCUT2D eigenvalue weighted by atomic mass is 9.81. The fourth-order valence-corrected chi connectivity index (χ4v) is 7.61. The largest absolute Gasteiger partial charge is 0.436 e. The first-order chi connectivity index (χ1) is 25.0. The quantitative estimate of drug-likeness (QED) is 0.185. The molecule has 1 aliphatic carbocycles. The van der Waals surface area contributed by atoms with Crippen LogP contribution in [0.15, 0.2) is 167 Å². The monoisotopic (exact) mass is 656 g/mol. The number of aromatic nitrogens is 2. The van der Waals surface area contributed by atoms with Crippen molar-refractivity contribution in [3.8, 4) is 67.4 Å². The van der Waals surface area contributed by atoms with Crippen molar-refractivity contribution < 1.29 is 8.83 Å². The van der Waals surface area contributed by atoms with Crippen molar-refractivity contribution in [1.82, 2.24) is 9.97 Å². The smallest absolute Gasteiger partial charge is 0.227 e. The van der Waals surface area contributed by atoms with Gasteiger partial charge in [-0.05, 0) is 128 Å². The molecule has 0 unspecified atom stereocenters. The van der Waals surface area contributed by atoms with E-state index in [-0.39, 0.29) is 5.41 Å². The van der Waals surface area contributed by atoms with Crippen LogP contribution in [-0.4, -0.2) is 9.97 Å². The van der Waals surface area contributed by atoms with Crippen molar-refractivity contribution in [2.45, 2.75) is 19.3 Å². The van der Waals surface area contributed by atoms with E-state index in [2.05, 4.69) is 123 Å². The molecule has 0 saturated carbocycles. The van der Waals surface area contributed by atoms with Gasteiger partial charge in [0.05, 0.1) is 0 Å². The Kier molecular flexibility index (Phi) is 6.49. The summed E-state index contributed by atoms with van der Waals surface area (Å²) in [6, 6.07) is 55.4. The van der Waals surface area contributed by atoms with Gasteiger partial charge >= 0.3 is 0 Å². The highest BCUT2D eigenvalue weighted by Gasteiger charge is 2.35. The third-order valence-electron chi connectivity index (χ3n) is 10.4. The highest BCUT2D eigenvalue weighted by Crippen LogP contribution is 2.49. The lowest BCUT2D eigenvalue weighted by molar-refractivity contribution is 0.619. The molecule has 10 rings (SSSR count). The topological polar surface area (TPSA) is 52.1 Å². The van der Waals surface area contributed by atoms with Crippen LogP contribution in [0, 0.1) is 0 Å². The van der Waals surface area contributed by atoms with E-state index in [0.717, 1.165) is 55.6 Å². The SMILES string of the molecule is CC1(C)c2ccccc2-c2ccc(-c3cc(-c4ccc(-c5nc6ccccc6o5)cc4)cc(-c4ccc(-c5nc6ccccc6o5)cc4)c3)cc21. The molecular formula is C47H32N2O2. The molecule has 4 nitrogen and oxygen atoms in total. The van der Waals surface area contributed by atoms with Gasteiger partial charge in [0.1, 0.15) is 11.0 Å². The Hall–Kier alpha value is -6.52. The van der Waals surface area contributed by atoms with Crippen LogP contribution in [0.3, 0.4) is 0 Å². The van der Waals surface area contributed by atoms with E-state index in [4.69, 9.17) is 18.8 Å². The molecule has 0 atom stereocenters. The van der Waals surface area contributed by atoms with Crippen LogP contribution in [0.2, 0.25) is 0 Å². The molecule has 0 N–H and O–H groups in total. The first-order valence-corrected chi connectivity index (χ1v) is 17.3. The maximum atomic E-state index is 6.07. The second-order valence-electron chi connectivity index (χ2n) is 13.9. The molecule has 0 spiro atoms. The van der Waals surface area contributed by atoms with Crippen LogP contribution in [0.4, 0.5) is 0 Å². The second kappa shape index (κ2) is 11.3. The van der Waals surface area contributed by atoms with Crippen LogP contribution >= 0.6 is 0 Å². The molecule has 2 heterocycles. The number of rotatable bonds is 5. The Morgan fingerprint density at radius 3 is 1.35 bits per heavy atom. The molecule has 242 valence electrons. The van der Waals surface area contributed by atoms with Gasteiger partial charge in [-0.15, -0.1) is 0 Å². The molecule has 51 heavy (non-hydrogen) atoms. The van der Waals surface area contributed by atoms with E-state index >= 15 is 0 Å². The number of hydrogen-bond acceptors (Lipinski definition) is 4. The number of hydrogen-bond donors (Lipinski definition) is 0. The summed E-state index contributed by atoms with van der Waals surface area (Å²) in [6.07, 6.45) is 0. The van der Waals surface area contributed by atoms with Gasteiger partial charge in [0.25, 0.3) is 0 Å². The number of nitrogens with zero attached hydrogens (tertiary/aromatic N) is 2. The predicted molar refractivity (Wildman–Crippen MR) is 206 cm³/mol. The van der Waals surface area contributed by atoms with Gasteiger partial charge in [0.2, 0.25) is 11.8 Å². The zero-order chi connectivity index (χ0) is 34.1. The zero-order valence-electron chi connectivity index (χ0n) is 28.2. The van der Waals surface area contributed by atoms with Gasteiger partial charge in [-0.2, -0.15) is 0 Å². The van der Waals surface area contributed by atoms with Gasteiger partial charge in [0.15, 0.2) is 11.2 Å². The summed E-state index contributed by atoms with van der Waals surface area (Å²) in [6.45, 7) is 4.67. The van der Waals surface area contributed by atoms with Crippen LogP contribution in [0.25, 0.3) is 89.6 Å². The maximum absolute atomic E-state index is 6.07. The minimum atomic E-state index is -0.0799. The van der Waals surface area contributed by atoms with Gasteiger partial charge in [-0.25, -0.2) is 9.97 Å². The normalized spacial score (nSPS) is 13.1. The summed E-state index contributed by atoms with van der Waals surface area (Å²) >= 11 is 0. The first kappa shape index (κ1) is 29.4. The van der Waals surface area contributed by atoms with Crippen molar-refractivity contribution in [1.29, 1.82) is 0 Å². The molecule has 0 bridgehead atoms. The lowest BCUT2D eigenvalue weighted by Crippen LogP contribution is -2.14. The van der Waals surface area contributed by atoms with Gasteiger partial charge in [-0.3, -0.25) is 0 Å². The standard InChI is InChI=1S/C47H32N2O2/c1-47(2)39-10-4-3-9-37(39)38-24-23-33(28-40(38)47)36-26-34(29-15-19-31(20-16-29)45-48-41-11-5-7-13-43(41)50-45)25-35(27-36)30-17-21-32(22-18-30)46-49-42-12-6-8-14-44(42)51-46/h3-28H,1-2H3. The van der Waals surface area contributed by atoms with E-state index in [0.29, 0.717) is 11.8 Å². The van der Waals surface area contributed by atoms with Crippen LogP contribution in [0.1, 0.15) is 25.0 Å². The minimum Gasteiger partial charge on any atom is -0.436 e. The molecule has 2 aromatic heterocycles. The Balaban J connectivity index is 1.07. The zero-order valence-corrected chi connectivity index (χ0v) is 28.2. The molecule has 7 aromatic carbocycles. The number of benzene rings is 7. The molecule has 0 saturated heterocycles. The van der Waals surface area contributed by atoms with E-state index in [1.54, 1.807) is 0 Å². The molecular weight excluding hydrogens is 625 g/mol. The third kappa shape index (κ3) is 4.91. The highest BCUT2D eigenvalue weighted by atomic mass is 16.4. The summed E-state index contributed by atoms with van der Waals surface area (Å²) in [5, 5.41) is 0. The average molecular weight is 657 g/mol. The van der Waals surface area contributed by atoms with Gasteiger partial charge in [-0.1, -0.05) is 98.8 Å². The van der Waals surface area contributed by atoms with Crippen LogP contribution < -0.4 is 0 Å². The van der Waals surface area contributed by atoms with E-state index in [1.165, 1.54) is 33.4 Å². The number of fused-ring (bicyclic) bond motifs is 5. The van der Waals surface area contributed by atoms with Gasteiger partial charge in [0, 0.05) is 16.5 Å². The Labute approximate surface area is 295 Å². The summed E-state index contributed by atoms with van der Waals surface area (Å²) < 4.78 is 12.1. The number of para-hydroxylation sites is 4. The van der Waals surface area contributed by atoms with Crippen molar-refractivity contribution in [3.63, 3.8) is 0 Å². The van der Waals surface area contributed by atoms with E-state index < -0.39 is 0 Å². The third-order valence-corrected chi connectivity index (χ3v) is 10.4. The summed E-state index contributed by atoms with van der Waals surface area (Å²) in [5.41, 5.74) is 17.4. The fourth-order valence-electron chi connectivity index (χ4n) is 7.61. The molecule has 0 aliphatic heterocycles. The van der Waals surface area contributed by atoms with Crippen molar-refractivity contribution in [2.24, 2.45) is 0 Å². The fraction of sp³-hybridized carbons (Fsp3) is 0.0638. The highest BCUT2D eigenvalue weighted by molar-refractivity contribution is 5.87. The molecule has 4 heteroatoms. The molecule has 0 radical (unpaired) electrons. The Morgan fingerprint density at radius 1 is 0.373 bits per heavy atom. The second-order valence-corrected chi connectivity index (χ2v) is 13.9. The maximum Gasteiger partial charge on any atom is 0.227 e. The van der Waals surface area contributed by atoms with E-state index in [1.807, 2.05) is 48.5 Å². The summed E-state index contributed by atoms with van der Waals surface area (Å²) in [5.74, 6) is 1.25. The molecule has 9 aromatic rings. The first-order valence-electron chi connectivity index (χ1n) is 17.3. The van der Waals surface area contributed by atoms with Crippen molar-refractivity contribution in [2.75, 3.05) is 0 Å². The summed E-state index contributed by atoms with van der Waals surface area (Å²) in [4.78, 5) is 9.42. The van der Waals surface area contributed by atoms with Crippen LogP contribution in [0.5, 0.6) is 0 Å². The van der Waals surface area contributed by atoms with Crippen molar-refractivity contribution >= 4 is 22.2 Å². The van der Waals surface area contributed by atoms with Crippen molar-refractivity contribution in [3.05, 3.63) is 169 Å². The molecule has 0 fully saturated rings. The van der Waals surface area contributed by atoms with E-state index in [9.17, 15) is 0 Å². The lowest BCUT2D eigenvalue weighted by Gasteiger charge is -2.22. The Bertz CT molecular complexity index is 2560. The molecule has 0 amide bonds.